The Hall–Kier alpha value is -2.43. The lowest BCUT2D eigenvalue weighted by atomic mass is 9.79. The van der Waals surface area contributed by atoms with Crippen molar-refractivity contribution in [3.63, 3.8) is 0 Å². The Morgan fingerprint density at radius 1 is 1.39 bits per heavy atom. The van der Waals surface area contributed by atoms with Crippen LogP contribution < -0.4 is 0 Å². The molecule has 0 aliphatic heterocycles. The zero-order chi connectivity index (χ0) is 16.9. The van der Waals surface area contributed by atoms with E-state index in [0.29, 0.717) is 0 Å². The first kappa shape index (κ1) is 16.9. The summed E-state index contributed by atoms with van der Waals surface area (Å²) in [4.78, 5) is 10.3. The average molecular weight is 311 g/mol. The summed E-state index contributed by atoms with van der Waals surface area (Å²) in [6.07, 6.45) is 6.68. The van der Waals surface area contributed by atoms with Gasteiger partial charge in [-0.1, -0.05) is 37.3 Å². The first-order valence-electron chi connectivity index (χ1n) is 7.69. The smallest absolute Gasteiger partial charge is 0.137 e. The van der Waals surface area contributed by atoms with Gasteiger partial charge in [0.2, 0.25) is 0 Å². The first-order valence-corrected chi connectivity index (χ1v) is 7.69. The van der Waals surface area contributed by atoms with Gasteiger partial charge in [0.1, 0.15) is 12.7 Å². The van der Waals surface area contributed by atoms with E-state index in [1.165, 1.54) is 16.7 Å². The first-order chi connectivity index (χ1) is 10.9. The third kappa shape index (κ3) is 4.28. The molecule has 23 heavy (non-hydrogen) atoms. The fourth-order valence-electron chi connectivity index (χ4n) is 3.14. The van der Waals surface area contributed by atoms with Crippen molar-refractivity contribution in [3.05, 3.63) is 60.3 Å². The van der Waals surface area contributed by atoms with Crippen molar-refractivity contribution >= 4 is 6.34 Å². The quantitative estimate of drug-likeness (QED) is 0.583. The van der Waals surface area contributed by atoms with Gasteiger partial charge in [-0.2, -0.15) is 5.10 Å². The number of hydrogen-bond donors (Lipinski definition) is 0. The molecule has 5 nitrogen and oxygen atoms in total. The molecule has 1 unspecified atom stereocenters. The molecule has 2 aromatic rings. The molecule has 0 fully saturated rings. The van der Waals surface area contributed by atoms with Crippen molar-refractivity contribution in [2.75, 3.05) is 13.6 Å². The van der Waals surface area contributed by atoms with E-state index in [4.69, 9.17) is 0 Å². The number of benzene rings is 1. The van der Waals surface area contributed by atoms with Crippen LogP contribution in [0.1, 0.15) is 23.6 Å². The third-order valence-electron chi connectivity index (χ3n) is 3.98. The molecule has 0 spiro atoms. The van der Waals surface area contributed by atoms with Crippen LogP contribution in [0.3, 0.4) is 0 Å². The molecule has 0 saturated carbocycles. The monoisotopic (exact) mass is 311 g/mol. The summed E-state index contributed by atoms with van der Waals surface area (Å²) in [5, 5.41) is 4.28. The van der Waals surface area contributed by atoms with Gasteiger partial charge in [0.05, 0.1) is 12.9 Å². The summed E-state index contributed by atoms with van der Waals surface area (Å²) in [7, 11) is 2.02. The molecule has 1 atom stereocenters. The predicted octanol–water partition coefficient (Wildman–Crippen LogP) is 2.96. The normalized spacial score (nSPS) is 13.9. The Balaban J connectivity index is 2.37. The Morgan fingerprint density at radius 3 is 2.78 bits per heavy atom. The highest BCUT2D eigenvalue weighted by Crippen LogP contribution is 2.30. The minimum absolute atomic E-state index is 0.118. The summed E-state index contributed by atoms with van der Waals surface area (Å²) in [5.41, 5.74) is 3.77. The summed E-state index contributed by atoms with van der Waals surface area (Å²) in [5.74, 6) is 0. The molecule has 0 amide bonds. The van der Waals surface area contributed by atoms with Crippen LogP contribution in [-0.4, -0.2) is 39.6 Å². The SMILES string of the molecule is C=CN=CN(C)CC(C)(Cn1cncn1)c1ccc(C)cc1C. The molecule has 0 radical (unpaired) electrons. The zero-order valence-corrected chi connectivity index (χ0v) is 14.4. The number of nitrogens with zero attached hydrogens (tertiary/aromatic N) is 5. The predicted molar refractivity (Wildman–Crippen MR) is 94.6 cm³/mol. The van der Waals surface area contributed by atoms with E-state index in [-0.39, 0.29) is 5.41 Å². The number of likely N-dealkylation sites (N-methyl/N-ethyl adjacent to an activating group) is 1. The molecule has 5 heteroatoms. The molecule has 1 aromatic carbocycles. The van der Waals surface area contributed by atoms with Gasteiger partial charge < -0.3 is 4.90 Å². The lowest BCUT2D eigenvalue weighted by Gasteiger charge is -2.34. The van der Waals surface area contributed by atoms with Gasteiger partial charge in [-0.25, -0.2) is 9.98 Å². The van der Waals surface area contributed by atoms with Crippen LogP contribution in [0.4, 0.5) is 0 Å². The fourth-order valence-corrected chi connectivity index (χ4v) is 3.14. The van der Waals surface area contributed by atoms with E-state index in [9.17, 15) is 0 Å². The molecular formula is C18H25N5. The van der Waals surface area contributed by atoms with Gasteiger partial charge in [-0.05, 0) is 25.0 Å². The van der Waals surface area contributed by atoms with Crippen molar-refractivity contribution in [2.45, 2.75) is 32.7 Å². The number of rotatable bonds is 7. The van der Waals surface area contributed by atoms with E-state index in [0.717, 1.165) is 13.1 Å². The van der Waals surface area contributed by atoms with E-state index >= 15 is 0 Å². The Bertz CT molecular complexity index is 675. The maximum absolute atomic E-state index is 4.28. The summed E-state index contributed by atoms with van der Waals surface area (Å²) in [6, 6.07) is 6.62. The van der Waals surface area contributed by atoms with Crippen molar-refractivity contribution in [2.24, 2.45) is 4.99 Å². The van der Waals surface area contributed by atoms with Crippen LogP contribution in [0.15, 0.2) is 48.6 Å². The zero-order valence-electron chi connectivity index (χ0n) is 14.4. The van der Waals surface area contributed by atoms with Gasteiger partial charge in [0.25, 0.3) is 0 Å². The highest BCUT2D eigenvalue weighted by atomic mass is 15.3. The third-order valence-corrected chi connectivity index (χ3v) is 3.98. The molecule has 2 rings (SSSR count). The van der Waals surface area contributed by atoms with E-state index < -0.39 is 0 Å². The molecule has 1 heterocycles. The average Bonchev–Trinajstić information content (AvgIpc) is 2.97. The molecule has 0 aliphatic rings. The molecule has 122 valence electrons. The van der Waals surface area contributed by atoms with Gasteiger partial charge in [-0.15, -0.1) is 0 Å². The molecule has 0 N–H and O–H groups in total. The number of aromatic nitrogens is 3. The van der Waals surface area contributed by atoms with Crippen LogP contribution in [0.25, 0.3) is 0 Å². The van der Waals surface area contributed by atoms with E-state index in [1.807, 2.05) is 11.7 Å². The minimum atomic E-state index is -0.118. The van der Waals surface area contributed by atoms with Crippen molar-refractivity contribution in [3.8, 4) is 0 Å². The molecule has 1 aromatic heterocycles. The largest absolute Gasteiger partial charge is 0.365 e. The van der Waals surface area contributed by atoms with Crippen molar-refractivity contribution < 1.29 is 0 Å². The second-order valence-electron chi connectivity index (χ2n) is 6.33. The summed E-state index contributed by atoms with van der Waals surface area (Å²) in [6.45, 7) is 11.7. The number of hydrogen-bond acceptors (Lipinski definition) is 3. The fraction of sp³-hybridized carbons (Fsp3) is 0.389. The van der Waals surface area contributed by atoms with Crippen LogP contribution >= 0.6 is 0 Å². The minimum Gasteiger partial charge on any atom is -0.365 e. The van der Waals surface area contributed by atoms with Crippen molar-refractivity contribution in [1.82, 2.24) is 19.7 Å². The molecule has 0 bridgehead atoms. The highest BCUT2D eigenvalue weighted by Gasteiger charge is 2.30. The summed E-state index contributed by atoms with van der Waals surface area (Å²) < 4.78 is 1.89. The van der Waals surface area contributed by atoms with Gasteiger partial charge in [0.15, 0.2) is 0 Å². The lowest BCUT2D eigenvalue weighted by molar-refractivity contribution is 0.301. The van der Waals surface area contributed by atoms with E-state index in [2.05, 4.69) is 65.5 Å². The second-order valence-corrected chi connectivity index (χ2v) is 6.33. The maximum Gasteiger partial charge on any atom is 0.137 e. The van der Waals surface area contributed by atoms with Crippen LogP contribution in [0.2, 0.25) is 0 Å². The van der Waals surface area contributed by atoms with E-state index in [1.54, 1.807) is 25.2 Å². The number of aryl methyl sites for hydroxylation is 2. The standard InChI is InChI=1S/C18H25N5/c1-6-19-13-22(5)10-18(4,11-23-14-20-12-21-23)17-8-7-15(2)9-16(17)3/h6-9,12-14H,1,10-11H2,2-5H3. The molecule has 0 aliphatic carbocycles. The van der Waals surface area contributed by atoms with Crippen molar-refractivity contribution in [1.29, 1.82) is 0 Å². The van der Waals surface area contributed by atoms with Crippen LogP contribution in [0.5, 0.6) is 0 Å². The van der Waals surface area contributed by atoms with Gasteiger partial charge in [-0.3, -0.25) is 4.68 Å². The van der Waals surface area contributed by atoms with Gasteiger partial charge in [0, 0.05) is 25.2 Å². The Labute approximate surface area is 138 Å². The Kier molecular flexibility index (Phi) is 5.32. The second kappa shape index (κ2) is 7.22. The maximum atomic E-state index is 4.28. The van der Waals surface area contributed by atoms with Crippen LogP contribution in [-0.2, 0) is 12.0 Å². The van der Waals surface area contributed by atoms with Gasteiger partial charge >= 0.3 is 0 Å². The summed E-state index contributed by atoms with van der Waals surface area (Å²) >= 11 is 0. The topological polar surface area (TPSA) is 46.3 Å². The highest BCUT2D eigenvalue weighted by molar-refractivity contribution is 5.55. The molecule has 0 saturated heterocycles. The lowest BCUT2D eigenvalue weighted by Crippen LogP contribution is -2.40. The number of aliphatic imine (C=N–C) groups is 1. The molecular weight excluding hydrogens is 286 g/mol. The Morgan fingerprint density at radius 2 is 2.17 bits per heavy atom. The van der Waals surface area contributed by atoms with Crippen LogP contribution in [0, 0.1) is 13.8 Å².